The molecule has 0 saturated carbocycles. The van der Waals surface area contributed by atoms with Gasteiger partial charge >= 0.3 is 0 Å². The lowest BCUT2D eigenvalue weighted by Gasteiger charge is -2.17. The Morgan fingerprint density at radius 2 is 2.00 bits per heavy atom. The van der Waals surface area contributed by atoms with E-state index >= 15 is 0 Å². The molecule has 0 spiro atoms. The minimum atomic E-state index is -0.715. The molecule has 0 aliphatic carbocycles. The second kappa shape index (κ2) is 8.06. The Labute approximate surface area is 138 Å². The van der Waals surface area contributed by atoms with Crippen LogP contribution < -0.4 is 5.32 Å². The zero-order valence-corrected chi connectivity index (χ0v) is 13.3. The van der Waals surface area contributed by atoms with Crippen molar-refractivity contribution in [1.29, 1.82) is 0 Å². The zero-order chi connectivity index (χ0) is 16.8. The molecule has 0 heterocycles. The summed E-state index contributed by atoms with van der Waals surface area (Å²) in [4.78, 5) is 12.2. The third-order valence-corrected chi connectivity index (χ3v) is 3.67. The predicted molar refractivity (Wildman–Crippen MR) is 85.9 cm³/mol. The van der Waals surface area contributed by atoms with Gasteiger partial charge in [0.05, 0.1) is 24.3 Å². The Morgan fingerprint density at radius 1 is 1.30 bits per heavy atom. The highest BCUT2D eigenvalue weighted by molar-refractivity contribution is 6.30. The Balaban J connectivity index is 2.11. The van der Waals surface area contributed by atoms with Crippen LogP contribution in [0, 0.1) is 5.82 Å². The lowest BCUT2D eigenvalue weighted by molar-refractivity contribution is 0.0916. The van der Waals surface area contributed by atoms with E-state index in [4.69, 9.17) is 16.3 Å². The van der Waals surface area contributed by atoms with Crippen LogP contribution in [-0.4, -0.2) is 24.7 Å². The number of amides is 1. The summed E-state index contributed by atoms with van der Waals surface area (Å²) in [6.45, 7) is 0.111. The molecule has 2 aromatic carbocycles. The summed E-state index contributed by atoms with van der Waals surface area (Å²) in [5.41, 5.74) is 1.83. The molecule has 6 heteroatoms. The van der Waals surface area contributed by atoms with Gasteiger partial charge in [-0.25, -0.2) is 4.39 Å². The number of aliphatic hydroxyl groups is 1. The molecule has 2 aromatic rings. The third-order valence-electron chi connectivity index (χ3n) is 3.36. The highest BCUT2D eigenvalue weighted by Gasteiger charge is 2.16. The summed E-state index contributed by atoms with van der Waals surface area (Å²) in [5, 5.41) is 12.1. The highest BCUT2D eigenvalue weighted by atomic mass is 35.5. The second-order valence-electron chi connectivity index (χ2n) is 5.01. The van der Waals surface area contributed by atoms with E-state index in [1.54, 1.807) is 37.4 Å². The maximum atomic E-state index is 13.5. The largest absolute Gasteiger partial charge is 0.394 e. The van der Waals surface area contributed by atoms with Crippen molar-refractivity contribution in [1.82, 2.24) is 5.32 Å². The van der Waals surface area contributed by atoms with Gasteiger partial charge in [0.25, 0.3) is 5.91 Å². The van der Waals surface area contributed by atoms with Crippen LogP contribution in [0.3, 0.4) is 0 Å². The van der Waals surface area contributed by atoms with Crippen molar-refractivity contribution in [2.75, 3.05) is 13.7 Å². The molecular weight excluding hydrogens is 321 g/mol. The molecule has 0 saturated heterocycles. The fraction of sp³-hybridized carbons (Fsp3) is 0.235. The molecule has 1 unspecified atom stereocenters. The molecule has 0 radical (unpaired) electrons. The fourth-order valence-corrected chi connectivity index (χ4v) is 2.24. The smallest absolute Gasteiger partial charge is 0.251 e. The average molecular weight is 338 g/mol. The van der Waals surface area contributed by atoms with Crippen LogP contribution in [0.25, 0.3) is 0 Å². The summed E-state index contributed by atoms with van der Waals surface area (Å²) >= 11 is 5.64. The summed E-state index contributed by atoms with van der Waals surface area (Å²) in [5.74, 6) is -0.954. The Kier molecular flexibility index (Phi) is 6.10. The normalized spacial score (nSPS) is 12.0. The number of nitrogens with one attached hydrogen (secondary N) is 1. The highest BCUT2D eigenvalue weighted by Crippen LogP contribution is 2.20. The molecule has 4 nitrogen and oxygen atoms in total. The van der Waals surface area contributed by atoms with E-state index in [0.29, 0.717) is 17.7 Å². The zero-order valence-electron chi connectivity index (χ0n) is 12.6. The van der Waals surface area contributed by atoms with E-state index in [1.807, 2.05) is 0 Å². The second-order valence-corrected chi connectivity index (χ2v) is 5.42. The average Bonchev–Trinajstić information content (AvgIpc) is 2.56. The summed E-state index contributed by atoms with van der Waals surface area (Å²) < 4.78 is 18.5. The monoisotopic (exact) mass is 337 g/mol. The van der Waals surface area contributed by atoms with Gasteiger partial charge in [0.1, 0.15) is 5.82 Å². The first-order valence-electron chi connectivity index (χ1n) is 6.99. The first kappa shape index (κ1) is 17.4. The van der Waals surface area contributed by atoms with Crippen LogP contribution in [0.5, 0.6) is 0 Å². The van der Waals surface area contributed by atoms with Crippen LogP contribution >= 0.6 is 11.6 Å². The van der Waals surface area contributed by atoms with Crippen molar-refractivity contribution in [3.8, 4) is 0 Å². The van der Waals surface area contributed by atoms with Crippen molar-refractivity contribution in [2.24, 2.45) is 0 Å². The van der Waals surface area contributed by atoms with Gasteiger partial charge in [-0.15, -0.1) is 0 Å². The van der Waals surface area contributed by atoms with Gasteiger partial charge in [-0.05, 0) is 35.4 Å². The number of aliphatic hydroxyl groups excluding tert-OH is 1. The number of carbonyl (C=O) groups is 1. The molecular formula is C17H17ClFNO3. The van der Waals surface area contributed by atoms with Crippen molar-refractivity contribution >= 4 is 17.5 Å². The number of ether oxygens (including phenoxy) is 1. The van der Waals surface area contributed by atoms with Crippen molar-refractivity contribution in [2.45, 2.75) is 12.6 Å². The maximum Gasteiger partial charge on any atom is 0.251 e. The predicted octanol–water partition coefficient (Wildman–Crippen LogP) is 3.09. The molecule has 0 aromatic heterocycles. The van der Waals surface area contributed by atoms with Crippen LogP contribution in [0.15, 0.2) is 42.5 Å². The molecule has 2 rings (SSSR count). The number of benzene rings is 2. The van der Waals surface area contributed by atoms with Gasteiger partial charge < -0.3 is 15.2 Å². The van der Waals surface area contributed by atoms with E-state index in [1.165, 1.54) is 12.1 Å². The number of hydrogen-bond donors (Lipinski definition) is 2. The quantitative estimate of drug-likeness (QED) is 0.851. The van der Waals surface area contributed by atoms with E-state index in [0.717, 1.165) is 5.56 Å². The minimum Gasteiger partial charge on any atom is -0.394 e. The molecule has 23 heavy (non-hydrogen) atoms. The summed E-state index contributed by atoms with van der Waals surface area (Å²) in [7, 11) is 1.59. The number of rotatable bonds is 6. The van der Waals surface area contributed by atoms with Gasteiger partial charge in [-0.3, -0.25) is 4.79 Å². The molecule has 0 bridgehead atoms. The van der Waals surface area contributed by atoms with Crippen LogP contribution in [0.4, 0.5) is 4.39 Å². The van der Waals surface area contributed by atoms with E-state index in [2.05, 4.69) is 5.32 Å². The molecule has 122 valence electrons. The van der Waals surface area contributed by atoms with E-state index < -0.39 is 11.9 Å². The molecule has 0 fully saturated rings. The van der Waals surface area contributed by atoms with Crippen molar-refractivity contribution < 1.29 is 19.0 Å². The molecule has 1 atom stereocenters. The fourth-order valence-electron chi connectivity index (χ4n) is 2.12. The minimum absolute atomic E-state index is 0.00880. The van der Waals surface area contributed by atoms with Crippen LogP contribution in [-0.2, 0) is 11.3 Å². The summed E-state index contributed by atoms with van der Waals surface area (Å²) in [6.07, 6.45) is 0. The van der Waals surface area contributed by atoms with E-state index in [-0.39, 0.29) is 17.5 Å². The van der Waals surface area contributed by atoms with Gasteiger partial charge in [-0.2, -0.15) is 0 Å². The van der Waals surface area contributed by atoms with Crippen molar-refractivity contribution in [3.05, 3.63) is 70.0 Å². The SMILES string of the molecule is COCc1ccc(C(=O)NC(CO)c2ccc(Cl)c(F)c2)cc1. The first-order valence-corrected chi connectivity index (χ1v) is 7.37. The Morgan fingerprint density at radius 3 is 2.57 bits per heavy atom. The van der Waals surface area contributed by atoms with Gasteiger partial charge in [-0.1, -0.05) is 29.8 Å². The van der Waals surface area contributed by atoms with Gasteiger partial charge in [0.2, 0.25) is 0 Å². The molecule has 0 aliphatic rings. The third kappa shape index (κ3) is 4.51. The number of halogens is 2. The molecule has 1 amide bonds. The lowest BCUT2D eigenvalue weighted by atomic mass is 10.1. The Bertz CT molecular complexity index is 676. The van der Waals surface area contributed by atoms with Crippen LogP contribution in [0.1, 0.15) is 27.5 Å². The first-order chi connectivity index (χ1) is 11.0. The van der Waals surface area contributed by atoms with E-state index in [9.17, 15) is 14.3 Å². The van der Waals surface area contributed by atoms with Crippen molar-refractivity contribution in [3.63, 3.8) is 0 Å². The number of methoxy groups -OCH3 is 1. The maximum absolute atomic E-state index is 13.5. The molecule has 0 aliphatic heterocycles. The standard InChI is InChI=1S/C17H17ClFNO3/c1-23-10-11-2-4-12(5-3-11)17(22)20-16(9-21)13-6-7-14(18)15(19)8-13/h2-8,16,21H,9-10H2,1H3,(H,20,22). The van der Waals surface area contributed by atoms with Gasteiger partial charge in [0, 0.05) is 12.7 Å². The Hall–Kier alpha value is -1.95. The topological polar surface area (TPSA) is 58.6 Å². The molecule has 2 N–H and O–H groups in total. The summed E-state index contributed by atoms with van der Waals surface area (Å²) in [6, 6.07) is 10.3. The lowest BCUT2D eigenvalue weighted by Crippen LogP contribution is -2.30. The van der Waals surface area contributed by atoms with Gasteiger partial charge in [0.15, 0.2) is 0 Å². The van der Waals surface area contributed by atoms with Crippen LogP contribution in [0.2, 0.25) is 5.02 Å². The number of hydrogen-bond acceptors (Lipinski definition) is 3. The number of carbonyl (C=O) groups excluding carboxylic acids is 1.